The molecule has 1 unspecified atom stereocenters. The van der Waals surface area contributed by atoms with Crippen molar-refractivity contribution in [2.24, 2.45) is 0 Å². The number of ether oxygens (including phenoxy) is 1. The van der Waals surface area contributed by atoms with E-state index in [1.54, 1.807) is 16.7 Å². The number of morpholine rings is 1. The Balaban J connectivity index is 1.56. The fourth-order valence-electron chi connectivity index (χ4n) is 3.79. The molecule has 2 aliphatic rings. The second-order valence-electron chi connectivity index (χ2n) is 7.42. The van der Waals surface area contributed by atoms with E-state index in [-0.39, 0.29) is 30.0 Å². The maximum Gasteiger partial charge on any atom is 0.320 e. The lowest BCUT2D eigenvalue weighted by Gasteiger charge is -2.30. The Morgan fingerprint density at radius 3 is 2.58 bits per heavy atom. The van der Waals surface area contributed by atoms with Crippen LogP contribution in [0.1, 0.15) is 41.8 Å². The Hall–Kier alpha value is -2.59. The number of hydrogen-bond donors (Lipinski definition) is 1. The van der Waals surface area contributed by atoms with Gasteiger partial charge in [0.25, 0.3) is 6.43 Å². The number of rotatable bonds is 4. The zero-order valence-corrected chi connectivity index (χ0v) is 17.5. The maximum atomic E-state index is 14.6. The fraction of sp³-hybridized carbons (Fsp3) is 0.450. The van der Waals surface area contributed by atoms with Gasteiger partial charge in [-0.1, -0.05) is 18.2 Å². The van der Waals surface area contributed by atoms with Crippen molar-refractivity contribution in [2.45, 2.75) is 32.5 Å². The zero-order valence-electron chi connectivity index (χ0n) is 16.7. The van der Waals surface area contributed by atoms with E-state index < -0.39 is 23.8 Å². The monoisotopic (exact) mass is 455 g/mol. The minimum absolute atomic E-state index is 0.0177. The van der Waals surface area contributed by atoms with Crippen LogP contribution in [0, 0.1) is 5.82 Å². The van der Waals surface area contributed by atoms with Crippen LogP contribution >= 0.6 is 11.6 Å². The predicted molar refractivity (Wildman–Crippen MR) is 107 cm³/mol. The van der Waals surface area contributed by atoms with Gasteiger partial charge in [0, 0.05) is 24.2 Å². The van der Waals surface area contributed by atoms with Gasteiger partial charge in [-0.15, -0.1) is 0 Å². The van der Waals surface area contributed by atoms with Gasteiger partial charge in [0.2, 0.25) is 5.28 Å². The number of aromatic nitrogens is 2. The van der Waals surface area contributed by atoms with Crippen molar-refractivity contribution < 1.29 is 22.7 Å². The molecule has 31 heavy (non-hydrogen) atoms. The molecule has 2 amide bonds. The summed E-state index contributed by atoms with van der Waals surface area (Å²) in [6, 6.07) is 3.09. The Morgan fingerprint density at radius 1 is 1.16 bits per heavy atom. The Bertz CT molecular complexity index is 988. The van der Waals surface area contributed by atoms with E-state index in [0.29, 0.717) is 43.4 Å². The number of urea groups is 1. The molecule has 1 aromatic heterocycles. The number of benzene rings is 1. The van der Waals surface area contributed by atoms with Crippen LogP contribution < -0.4 is 5.32 Å². The molecular weight excluding hydrogens is 435 g/mol. The Kier molecular flexibility index (Phi) is 6.19. The first kappa shape index (κ1) is 21.6. The van der Waals surface area contributed by atoms with Crippen LogP contribution in [-0.2, 0) is 17.8 Å². The van der Waals surface area contributed by atoms with Crippen LogP contribution in [0.4, 0.5) is 23.8 Å². The highest BCUT2D eigenvalue weighted by molar-refractivity contribution is 6.28. The van der Waals surface area contributed by atoms with Gasteiger partial charge < -0.3 is 19.9 Å². The van der Waals surface area contributed by atoms with Crippen molar-refractivity contribution in [3.63, 3.8) is 0 Å². The average molecular weight is 456 g/mol. The van der Waals surface area contributed by atoms with E-state index in [1.165, 1.54) is 12.1 Å². The quantitative estimate of drug-likeness (QED) is 0.701. The number of nitrogens with one attached hydrogen (secondary N) is 1. The molecule has 2 aliphatic heterocycles. The van der Waals surface area contributed by atoms with E-state index in [0.717, 1.165) is 6.07 Å². The minimum atomic E-state index is -2.91. The van der Waals surface area contributed by atoms with Gasteiger partial charge in [-0.2, -0.15) is 0 Å². The third kappa shape index (κ3) is 4.40. The third-order valence-electron chi connectivity index (χ3n) is 5.42. The summed E-state index contributed by atoms with van der Waals surface area (Å²) >= 11 is 6.07. The van der Waals surface area contributed by atoms with Crippen LogP contribution in [0.2, 0.25) is 5.28 Å². The lowest BCUT2D eigenvalue weighted by Crippen LogP contribution is -2.46. The highest BCUT2D eigenvalue weighted by atomic mass is 35.5. The minimum Gasteiger partial charge on any atom is -0.378 e. The molecule has 3 heterocycles. The molecule has 1 atom stereocenters. The van der Waals surface area contributed by atoms with Crippen molar-refractivity contribution in [2.75, 3.05) is 31.6 Å². The number of anilines is 1. The van der Waals surface area contributed by atoms with Gasteiger partial charge in [0.05, 0.1) is 43.6 Å². The topological polar surface area (TPSA) is 70.6 Å². The van der Waals surface area contributed by atoms with E-state index in [1.807, 2.05) is 0 Å². The summed E-state index contributed by atoms with van der Waals surface area (Å²) in [5.41, 5.74) is 0.696. The van der Waals surface area contributed by atoms with Crippen LogP contribution in [-0.4, -0.2) is 52.1 Å². The predicted octanol–water partition coefficient (Wildman–Crippen LogP) is 4.15. The first-order chi connectivity index (χ1) is 14.8. The highest BCUT2D eigenvalue weighted by Crippen LogP contribution is 2.33. The second kappa shape index (κ2) is 8.88. The van der Waals surface area contributed by atoms with E-state index >= 15 is 0 Å². The van der Waals surface area contributed by atoms with Gasteiger partial charge in [0.15, 0.2) is 0 Å². The van der Waals surface area contributed by atoms with Gasteiger partial charge >= 0.3 is 6.03 Å². The van der Waals surface area contributed by atoms with Crippen LogP contribution in [0.25, 0.3) is 0 Å². The molecule has 0 saturated carbocycles. The molecular formula is C20H21ClF3N5O2. The number of nitrogens with zero attached hydrogens (tertiary/aromatic N) is 4. The summed E-state index contributed by atoms with van der Waals surface area (Å²) in [6.07, 6.45) is -2.91. The molecule has 166 valence electrons. The highest BCUT2D eigenvalue weighted by Gasteiger charge is 2.32. The summed E-state index contributed by atoms with van der Waals surface area (Å²) in [6.45, 7) is 4.18. The molecule has 2 aromatic rings. The maximum absolute atomic E-state index is 14.6. The van der Waals surface area contributed by atoms with Gasteiger partial charge in [-0.05, 0) is 18.5 Å². The molecule has 0 bridgehead atoms. The number of hydrogen-bond acceptors (Lipinski definition) is 5. The lowest BCUT2D eigenvalue weighted by atomic mass is 10.0. The van der Waals surface area contributed by atoms with E-state index in [4.69, 9.17) is 16.3 Å². The summed E-state index contributed by atoms with van der Waals surface area (Å²) < 4.78 is 46.0. The molecule has 11 heteroatoms. The van der Waals surface area contributed by atoms with Crippen LogP contribution in [0.5, 0.6) is 0 Å². The SMILES string of the molecule is CC(Nc1nc(Cl)nc2c1CN(C(=O)N1CCOCC1)C2)c1cccc(C(F)F)c1F. The first-order valence-electron chi connectivity index (χ1n) is 9.85. The lowest BCUT2D eigenvalue weighted by molar-refractivity contribution is 0.0429. The summed E-state index contributed by atoms with van der Waals surface area (Å²) in [7, 11) is 0. The normalized spacial score (nSPS) is 17.1. The molecule has 4 rings (SSSR count). The number of amides is 2. The van der Waals surface area contributed by atoms with Crippen LogP contribution in [0.3, 0.4) is 0 Å². The average Bonchev–Trinajstić information content (AvgIpc) is 3.17. The molecule has 0 radical (unpaired) electrons. The van der Waals surface area contributed by atoms with E-state index in [2.05, 4.69) is 15.3 Å². The number of alkyl halides is 2. The molecule has 7 nitrogen and oxygen atoms in total. The van der Waals surface area contributed by atoms with Crippen LogP contribution in [0.15, 0.2) is 18.2 Å². The molecule has 0 aliphatic carbocycles. The summed E-state index contributed by atoms with van der Waals surface area (Å²) in [4.78, 5) is 24.6. The number of halogens is 4. The third-order valence-corrected chi connectivity index (χ3v) is 5.59. The van der Waals surface area contributed by atoms with E-state index in [9.17, 15) is 18.0 Å². The molecule has 1 N–H and O–H groups in total. The zero-order chi connectivity index (χ0) is 22.1. The Morgan fingerprint density at radius 2 is 1.87 bits per heavy atom. The van der Waals surface area contributed by atoms with Crippen molar-refractivity contribution >= 4 is 23.4 Å². The molecule has 0 spiro atoms. The number of fused-ring (bicyclic) bond motifs is 1. The van der Waals surface area contributed by atoms with Crippen molar-refractivity contribution in [1.29, 1.82) is 0 Å². The van der Waals surface area contributed by atoms with Crippen molar-refractivity contribution in [1.82, 2.24) is 19.8 Å². The van der Waals surface area contributed by atoms with Crippen molar-refractivity contribution in [3.05, 3.63) is 51.7 Å². The largest absolute Gasteiger partial charge is 0.378 e. The number of carbonyl (C=O) groups excluding carboxylic acids is 1. The number of carbonyl (C=O) groups is 1. The van der Waals surface area contributed by atoms with Crippen molar-refractivity contribution in [3.8, 4) is 0 Å². The standard InChI is InChI=1S/C20H21ClF3N5O2/c1-11(12-3-2-4-13(16(12)22)17(23)24)25-18-14-9-29(10-15(14)26-19(21)27-18)20(30)28-5-7-31-8-6-28/h2-4,11,17H,5-10H2,1H3,(H,25,26,27). The molecule has 1 fully saturated rings. The second-order valence-corrected chi connectivity index (χ2v) is 7.76. The molecule has 1 aromatic carbocycles. The summed E-state index contributed by atoms with van der Waals surface area (Å²) in [5, 5.41) is 3.04. The first-order valence-corrected chi connectivity index (χ1v) is 10.2. The van der Waals surface area contributed by atoms with Gasteiger partial charge in [-0.25, -0.2) is 27.9 Å². The summed E-state index contributed by atoms with van der Waals surface area (Å²) in [5.74, 6) is -0.611. The van der Waals surface area contributed by atoms with Gasteiger partial charge in [-0.3, -0.25) is 0 Å². The smallest absolute Gasteiger partial charge is 0.320 e. The Labute approximate surface area is 182 Å². The van der Waals surface area contributed by atoms with Gasteiger partial charge in [0.1, 0.15) is 11.6 Å². The fourth-order valence-corrected chi connectivity index (χ4v) is 3.97. The molecule has 1 saturated heterocycles.